The zero-order valence-corrected chi connectivity index (χ0v) is 13.3. The van der Waals surface area contributed by atoms with Crippen LogP contribution in [0.5, 0.6) is 0 Å². The van der Waals surface area contributed by atoms with E-state index >= 15 is 0 Å². The van der Waals surface area contributed by atoms with Gasteiger partial charge in [-0.2, -0.15) is 5.26 Å². The molecule has 0 amide bonds. The molecule has 114 valence electrons. The maximum Gasteiger partial charge on any atom is 0.145 e. The van der Waals surface area contributed by atoms with E-state index in [0.717, 1.165) is 25.2 Å². The van der Waals surface area contributed by atoms with Crippen LogP contribution >= 0.6 is 0 Å². The number of piperidine rings is 1. The van der Waals surface area contributed by atoms with Crippen molar-refractivity contribution in [2.75, 3.05) is 19.6 Å². The number of nitriles is 1. The van der Waals surface area contributed by atoms with Crippen molar-refractivity contribution < 1.29 is 0 Å². The molecule has 21 heavy (non-hydrogen) atoms. The van der Waals surface area contributed by atoms with Crippen LogP contribution in [0.15, 0.2) is 30.3 Å². The molecule has 0 spiro atoms. The van der Waals surface area contributed by atoms with E-state index < -0.39 is 5.54 Å². The van der Waals surface area contributed by atoms with Gasteiger partial charge in [0.15, 0.2) is 0 Å². The molecule has 2 rings (SSSR count). The highest BCUT2D eigenvalue weighted by Crippen LogP contribution is 2.27. The number of rotatable bonds is 6. The monoisotopic (exact) mass is 285 g/mol. The maximum absolute atomic E-state index is 9.91. The molecule has 0 aromatic heterocycles. The second-order valence-electron chi connectivity index (χ2n) is 5.94. The number of benzene rings is 1. The van der Waals surface area contributed by atoms with E-state index in [1.807, 2.05) is 18.2 Å². The van der Waals surface area contributed by atoms with Crippen LogP contribution in [-0.2, 0) is 5.54 Å². The first-order valence-electron chi connectivity index (χ1n) is 8.21. The van der Waals surface area contributed by atoms with Crippen LogP contribution in [0.2, 0.25) is 0 Å². The molecule has 1 aromatic rings. The van der Waals surface area contributed by atoms with Crippen LogP contribution in [0.1, 0.15) is 45.1 Å². The molecule has 3 heteroatoms. The Hall–Kier alpha value is -1.37. The molecule has 0 bridgehead atoms. The zero-order chi connectivity index (χ0) is 15.1. The predicted molar refractivity (Wildman–Crippen MR) is 86.9 cm³/mol. The van der Waals surface area contributed by atoms with Crippen LogP contribution in [-0.4, -0.2) is 30.6 Å². The van der Waals surface area contributed by atoms with Gasteiger partial charge in [0.2, 0.25) is 0 Å². The summed E-state index contributed by atoms with van der Waals surface area (Å²) in [7, 11) is 0. The van der Waals surface area contributed by atoms with Gasteiger partial charge in [0, 0.05) is 12.6 Å². The van der Waals surface area contributed by atoms with E-state index in [0.29, 0.717) is 6.04 Å². The van der Waals surface area contributed by atoms with Crippen molar-refractivity contribution in [3.05, 3.63) is 35.9 Å². The van der Waals surface area contributed by atoms with Gasteiger partial charge in [0.1, 0.15) is 5.54 Å². The summed E-state index contributed by atoms with van der Waals surface area (Å²) in [6.07, 6.45) is 5.00. The van der Waals surface area contributed by atoms with Crippen molar-refractivity contribution in [1.29, 1.82) is 5.26 Å². The van der Waals surface area contributed by atoms with Gasteiger partial charge in [-0.15, -0.1) is 0 Å². The molecule has 1 heterocycles. The summed E-state index contributed by atoms with van der Waals surface area (Å²) in [5.41, 5.74) is 0.482. The highest BCUT2D eigenvalue weighted by atomic mass is 15.2. The van der Waals surface area contributed by atoms with Crippen LogP contribution in [0, 0.1) is 11.3 Å². The fraction of sp³-hybridized carbons (Fsp3) is 0.611. The van der Waals surface area contributed by atoms with Gasteiger partial charge in [-0.1, -0.05) is 50.6 Å². The first kappa shape index (κ1) is 16.0. The number of hydrogen-bond acceptors (Lipinski definition) is 3. The summed E-state index contributed by atoms with van der Waals surface area (Å²) in [5.74, 6) is 0. The highest BCUT2D eigenvalue weighted by Gasteiger charge is 2.36. The first-order chi connectivity index (χ1) is 10.3. The highest BCUT2D eigenvalue weighted by molar-refractivity contribution is 5.32. The Balaban J connectivity index is 2.26. The standard InChI is InChI=1S/C18H27N3/c1-3-17-12-8-9-13-21(17)15-18(14-19,20-4-2)16-10-6-5-7-11-16/h5-7,10-11,17,20H,3-4,8-9,12-13,15H2,1-2H3. The second kappa shape index (κ2) is 7.59. The molecule has 0 aliphatic carbocycles. The van der Waals surface area contributed by atoms with Gasteiger partial charge in [0.25, 0.3) is 0 Å². The van der Waals surface area contributed by atoms with Gasteiger partial charge in [-0.25, -0.2) is 0 Å². The average molecular weight is 285 g/mol. The lowest BCUT2D eigenvalue weighted by Crippen LogP contribution is -2.53. The fourth-order valence-electron chi connectivity index (χ4n) is 3.45. The van der Waals surface area contributed by atoms with Crippen molar-refractivity contribution in [3.8, 4) is 6.07 Å². The second-order valence-corrected chi connectivity index (χ2v) is 5.94. The Bertz CT molecular complexity index is 465. The van der Waals surface area contributed by atoms with Crippen LogP contribution in [0.25, 0.3) is 0 Å². The third-order valence-corrected chi connectivity index (χ3v) is 4.60. The molecular weight excluding hydrogens is 258 g/mol. The maximum atomic E-state index is 9.91. The van der Waals surface area contributed by atoms with Crippen molar-refractivity contribution >= 4 is 0 Å². The number of nitrogens with zero attached hydrogens (tertiary/aromatic N) is 2. The summed E-state index contributed by atoms with van der Waals surface area (Å²) < 4.78 is 0. The number of likely N-dealkylation sites (tertiary alicyclic amines) is 1. The lowest BCUT2D eigenvalue weighted by molar-refractivity contribution is 0.114. The van der Waals surface area contributed by atoms with Crippen molar-refractivity contribution in [2.45, 2.75) is 51.1 Å². The Morgan fingerprint density at radius 3 is 2.67 bits per heavy atom. The quantitative estimate of drug-likeness (QED) is 0.872. The molecule has 0 radical (unpaired) electrons. The number of nitrogens with one attached hydrogen (secondary N) is 1. The number of hydrogen-bond donors (Lipinski definition) is 1. The fourth-order valence-corrected chi connectivity index (χ4v) is 3.45. The van der Waals surface area contributed by atoms with Crippen LogP contribution in [0.4, 0.5) is 0 Å². The lowest BCUT2D eigenvalue weighted by atomic mass is 9.88. The average Bonchev–Trinajstić information content (AvgIpc) is 2.55. The summed E-state index contributed by atoms with van der Waals surface area (Å²) in [6, 6.07) is 13.4. The smallest absolute Gasteiger partial charge is 0.145 e. The molecule has 0 saturated carbocycles. The molecule has 2 atom stereocenters. The molecule has 1 saturated heterocycles. The van der Waals surface area contributed by atoms with Gasteiger partial charge in [0.05, 0.1) is 6.07 Å². The first-order valence-corrected chi connectivity index (χ1v) is 8.21. The topological polar surface area (TPSA) is 39.1 Å². The van der Waals surface area contributed by atoms with E-state index in [1.54, 1.807) is 0 Å². The molecule has 3 nitrogen and oxygen atoms in total. The Labute approximate surface area is 129 Å². The molecule has 1 aliphatic heterocycles. The van der Waals surface area contributed by atoms with Gasteiger partial charge >= 0.3 is 0 Å². The molecule has 2 unspecified atom stereocenters. The van der Waals surface area contributed by atoms with E-state index in [-0.39, 0.29) is 0 Å². The third-order valence-electron chi connectivity index (χ3n) is 4.60. The van der Waals surface area contributed by atoms with Crippen molar-refractivity contribution in [1.82, 2.24) is 10.2 Å². The van der Waals surface area contributed by atoms with Crippen LogP contribution in [0.3, 0.4) is 0 Å². The summed E-state index contributed by atoms with van der Waals surface area (Å²) in [5, 5.41) is 13.4. The SMILES string of the molecule is CCNC(C#N)(CN1CCCCC1CC)c1ccccc1. The minimum atomic E-state index is -0.596. The predicted octanol–water partition coefficient (Wildman–Crippen LogP) is 3.28. The van der Waals surface area contributed by atoms with E-state index in [2.05, 4.69) is 42.3 Å². The Kier molecular flexibility index (Phi) is 5.78. The van der Waals surface area contributed by atoms with Crippen molar-refractivity contribution in [3.63, 3.8) is 0 Å². The van der Waals surface area contributed by atoms with Gasteiger partial charge < -0.3 is 0 Å². The molecule has 1 aromatic carbocycles. The molecular formula is C18H27N3. The van der Waals surface area contributed by atoms with E-state index in [9.17, 15) is 5.26 Å². The summed E-state index contributed by atoms with van der Waals surface area (Å²) in [6.45, 7) is 7.02. The Morgan fingerprint density at radius 1 is 1.29 bits per heavy atom. The summed E-state index contributed by atoms with van der Waals surface area (Å²) >= 11 is 0. The number of likely N-dealkylation sites (N-methyl/N-ethyl adjacent to an activating group) is 1. The summed E-state index contributed by atoms with van der Waals surface area (Å²) in [4.78, 5) is 2.52. The van der Waals surface area contributed by atoms with Crippen molar-refractivity contribution in [2.24, 2.45) is 0 Å². The van der Waals surface area contributed by atoms with E-state index in [4.69, 9.17) is 0 Å². The van der Waals surface area contributed by atoms with Crippen LogP contribution < -0.4 is 5.32 Å². The molecule has 1 N–H and O–H groups in total. The normalized spacial score (nSPS) is 22.4. The van der Waals surface area contributed by atoms with Gasteiger partial charge in [-0.05, 0) is 37.9 Å². The zero-order valence-electron chi connectivity index (χ0n) is 13.3. The largest absolute Gasteiger partial charge is 0.297 e. The van der Waals surface area contributed by atoms with Gasteiger partial charge in [-0.3, -0.25) is 10.2 Å². The third kappa shape index (κ3) is 3.64. The minimum absolute atomic E-state index is 0.596. The molecule has 1 fully saturated rings. The molecule has 1 aliphatic rings. The lowest BCUT2D eigenvalue weighted by Gasteiger charge is -2.41. The minimum Gasteiger partial charge on any atom is -0.297 e. The van der Waals surface area contributed by atoms with E-state index in [1.165, 1.54) is 25.7 Å². The Morgan fingerprint density at radius 2 is 2.05 bits per heavy atom.